The van der Waals surface area contributed by atoms with Crippen LogP contribution in [0, 0.1) is 0 Å². The first-order chi connectivity index (χ1) is 5.38. The zero-order valence-electron chi connectivity index (χ0n) is 7.53. The van der Waals surface area contributed by atoms with Crippen LogP contribution in [0.25, 0.3) is 0 Å². The average molecular weight is 150 g/mol. The highest BCUT2D eigenvalue weighted by Crippen LogP contribution is 2.28. The zero-order chi connectivity index (χ0) is 8.10. The van der Waals surface area contributed by atoms with Crippen molar-refractivity contribution in [1.82, 2.24) is 0 Å². The van der Waals surface area contributed by atoms with Crippen molar-refractivity contribution in [3.05, 3.63) is 23.8 Å². The van der Waals surface area contributed by atoms with Gasteiger partial charge < -0.3 is 0 Å². The van der Waals surface area contributed by atoms with Crippen LogP contribution in [0.2, 0.25) is 0 Å². The topological polar surface area (TPSA) is 0 Å². The first-order valence-electron chi connectivity index (χ1n) is 4.71. The Morgan fingerprint density at radius 3 is 2.73 bits per heavy atom. The third kappa shape index (κ3) is 2.21. The van der Waals surface area contributed by atoms with Crippen molar-refractivity contribution in [3.63, 3.8) is 0 Å². The van der Waals surface area contributed by atoms with Crippen LogP contribution in [0.4, 0.5) is 0 Å². The highest BCUT2D eigenvalue weighted by molar-refractivity contribution is 5.26. The van der Waals surface area contributed by atoms with Crippen molar-refractivity contribution < 1.29 is 0 Å². The molecule has 0 fully saturated rings. The predicted molar refractivity (Wildman–Crippen MR) is 50.6 cm³/mol. The summed E-state index contributed by atoms with van der Waals surface area (Å²) in [6, 6.07) is 0. The molecule has 0 amide bonds. The van der Waals surface area contributed by atoms with Crippen LogP contribution in [-0.2, 0) is 0 Å². The highest BCUT2D eigenvalue weighted by atomic mass is 14.1. The van der Waals surface area contributed by atoms with Crippen LogP contribution in [0.15, 0.2) is 23.8 Å². The van der Waals surface area contributed by atoms with E-state index in [0.717, 1.165) is 0 Å². The Morgan fingerprint density at radius 2 is 2.09 bits per heavy atom. The van der Waals surface area contributed by atoms with Gasteiger partial charge in [-0.1, -0.05) is 31.6 Å². The molecule has 0 bridgehead atoms. The Labute approximate surface area is 70.0 Å². The van der Waals surface area contributed by atoms with E-state index in [9.17, 15) is 0 Å². The van der Waals surface area contributed by atoms with Crippen molar-refractivity contribution in [3.8, 4) is 0 Å². The van der Waals surface area contributed by atoms with Gasteiger partial charge in [0.1, 0.15) is 0 Å². The van der Waals surface area contributed by atoms with Gasteiger partial charge in [-0.3, -0.25) is 0 Å². The van der Waals surface area contributed by atoms with E-state index >= 15 is 0 Å². The molecule has 0 unspecified atom stereocenters. The molecule has 0 atom stereocenters. The predicted octanol–water partition coefficient (Wildman–Crippen LogP) is 3.84. The second kappa shape index (κ2) is 4.38. The fraction of sp³-hybridized carbons (Fsp3) is 0.636. The number of allylic oxidation sites excluding steroid dienone is 3. The molecule has 0 saturated heterocycles. The van der Waals surface area contributed by atoms with Crippen molar-refractivity contribution >= 4 is 0 Å². The Hall–Kier alpha value is -0.520. The smallest absolute Gasteiger partial charge is 0.0279 e. The minimum atomic E-state index is 1.28. The molecule has 62 valence electrons. The van der Waals surface area contributed by atoms with Crippen molar-refractivity contribution in [2.75, 3.05) is 0 Å². The second-order valence-electron chi connectivity index (χ2n) is 3.29. The Balaban J connectivity index is 2.64. The van der Waals surface area contributed by atoms with Gasteiger partial charge in [-0.05, 0) is 37.7 Å². The summed E-state index contributed by atoms with van der Waals surface area (Å²) in [5.41, 5.74) is 3.21. The Morgan fingerprint density at radius 1 is 1.36 bits per heavy atom. The van der Waals surface area contributed by atoms with Crippen LogP contribution in [0.3, 0.4) is 0 Å². The summed E-state index contributed by atoms with van der Waals surface area (Å²) < 4.78 is 0. The van der Waals surface area contributed by atoms with Gasteiger partial charge in [0.25, 0.3) is 0 Å². The molecule has 0 aromatic heterocycles. The number of hydrogen-bond donors (Lipinski definition) is 0. The lowest BCUT2D eigenvalue weighted by Gasteiger charge is -2.17. The second-order valence-corrected chi connectivity index (χ2v) is 3.29. The SMILES string of the molecule is C=CC1=C(CCC)CCCC1. The third-order valence-electron chi connectivity index (χ3n) is 2.43. The van der Waals surface area contributed by atoms with Gasteiger partial charge in [0.05, 0.1) is 0 Å². The number of rotatable bonds is 3. The molecule has 1 aliphatic carbocycles. The van der Waals surface area contributed by atoms with Crippen molar-refractivity contribution in [2.24, 2.45) is 0 Å². The molecule has 11 heavy (non-hydrogen) atoms. The fourth-order valence-electron chi connectivity index (χ4n) is 1.82. The van der Waals surface area contributed by atoms with E-state index in [1.165, 1.54) is 44.1 Å². The minimum absolute atomic E-state index is 1.28. The maximum atomic E-state index is 3.86. The van der Waals surface area contributed by atoms with E-state index in [1.54, 1.807) is 5.57 Å². The molecule has 0 aromatic rings. The van der Waals surface area contributed by atoms with Crippen LogP contribution in [0.5, 0.6) is 0 Å². The van der Waals surface area contributed by atoms with E-state index in [-0.39, 0.29) is 0 Å². The highest BCUT2D eigenvalue weighted by Gasteiger charge is 2.08. The van der Waals surface area contributed by atoms with Crippen LogP contribution < -0.4 is 0 Å². The molecule has 0 aromatic carbocycles. The largest absolute Gasteiger partial charge is 0.0988 e. The van der Waals surface area contributed by atoms with Gasteiger partial charge in [-0.2, -0.15) is 0 Å². The monoisotopic (exact) mass is 150 g/mol. The maximum absolute atomic E-state index is 3.86. The van der Waals surface area contributed by atoms with Crippen LogP contribution >= 0.6 is 0 Å². The summed E-state index contributed by atoms with van der Waals surface area (Å²) >= 11 is 0. The molecule has 0 N–H and O–H groups in total. The van der Waals surface area contributed by atoms with E-state index in [1.807, 2.05) is 0 Å². The average Bonchev–Trinajstić information content (AvgIpc) is 2.06. The summed E-state index contributed by atoms with van der Waals surface area (Å²) in [4.78, 5) is 0. The lowest BCUT2D eigenvalue weighted by atomic mass is 9.89. The molecular formula is C11H18. The Kier molecular flexibility index (Phi) is 3.41. The molecule has 0 spiro atoms. The molecule has 1 aliphatic rings. The van der Waals surface area contributed by atoms with Gasteiger partial charge in [0.15, 0.2) is 0 Å². The molecule has 0 heteroatoms. The zero-order valence-corrected chi connectivity index (χ0v) is 7.53. The summed E-state index contributed by atoms with van der Waals surface area (Å²) in [6.45, 7) is 6.11. The normalized spacial score (nSPS) is 18.6. The van der Waals surface area contributed by atoms with Gasteiger partial charge in [-0.15, -0.1) is 0 Å². The molecule has 0 aliphatic heterocycles. The maximum Gasteiger partial charge on any atom is -0.0279 e. The lowest BCUT2D eigenvalue weighted by molar-refractivity contribution is 0.652. The fourth-order valence-corrected chi connectivity index (χ4v) is 1.82. The molecule has 1 rings (SSSR count). The first kappa shape index (κ1) is 8.58. The first-order valence-corrected chi connectivity index (χ1v) is 4.71. The molecule has 0 nitrogen and oxygen atoms in total. The summed E-state index contributed by atoms with van der Waals surface area (Å²) in [5, 5.41) is 0. The third-order valence-corrected chi connectivity index (χ3v) is 2.43. The van der Waals surface area contributed by atoms with Gasteiger partial charge in [0, 0.05) is 0 Å². The molecular weight excluding hydrogens is 132 g/mol. The molecule has 0 heterocycles. The van der Waals surface area contributed by atoms with Gasteiger partial charge in [0.2, 0.25) is 0 Å². The van der Waals surface area contributed by atoms with Crippen molar-refractivity contribution in [2.45, 2.75) is 45.4 Å². The van der Waals surface area contributed by atoms with E-state index < -0.39 is 0 Å². The van der Waals surface area contributed by atoms with Crippen LogP contribution in [0.1, 0.15) is 45.4 Å². The summed E-state index contributed by atoms with van der Waals surface area (Å²) in [6.07, 6.45) is 10.0. The molecule has 0 radical (unpaired) electrons. The Bertz CT molecular complexity index is 163. The summed E-state index contributed by atoms with van der Waals surface area (Å²) in [5.74, 6) is 0. The minimum Gasteiger partial charge on any atom is -0.0988 e. The van der Waals surface area contributed by atoms with E-state index in [2.05, 4.69) is 19.6 Å². The van der Waals surface area contributed by atoms with Gasteiger partial charge in [-0.25, -0.2) is 0 Å². The van der Waals surface area contributed by atoms with Crippen molar-refractivity contribution in [1.29, 1.82) is 0 Å². The lowest BCUT2D eigenvalue weighted by Crippen LogP contribution is -1.97. The van der Waals surface area contributed by atoms with E-state index in [0.29, 0.717) is 0 Å². The number of hydrogen-bond acceptors (Lipinski definition) is 0. The van der Waals surface area contributed by atoms with Crippen LogP contribution in [-0.4, -0.2) is 0 Å². The summed E-state index contributed by atoms with van der Waals surface area (Å²) in [7, 11) is 0. The molecule has 0 saturated carbocycles. The standard InChI is InChI=1S/C11H18/c1-3-7-11-9-6-5-8-10(11)4-2/h4H,2-3,5-9H2,1H3. The van der Waals surface area contributed by atoms with Gasteiger partial charge >= 0.3 is 0 Å². The van der Waals surface area contributed by atoms with E-state index in [4.69, 9.17) is 0 Å². The quantitative estimate of drug-likeness (QED) is 0.573.